The third kappa shape index (κ3) is 4.92. The van der Waals surface area contributed by atoms with Crippen LogP contribution in [-0.2, 0) is 10.8 Å². The maximum Gasteiger partial charge on any atom is 0.194 e. The van der Waals surface area contributed by atoms with Gasteiger partial charge in [-0.1, -0.05) is 206 Å². The molecule has 1 unspecified atom stereocenters. The maximum absolute atomic E-state index is 7.26. The second-order valence-corrected chi connectivity index (χ2v) is 19.4. The van der Waals surface area contributed by atoms with Crippen molar-refractivity contribution in [3.05, 3.63) is 293 Å². The van der Waals surface area contributed by atoms with Gasteiger partial charge in [-0.05, 0) is 137 Å². The molecule has 0 saturated heterocycles. The summed E-state index contributed by atoms with van der Waals surface area (Å²) in [5.41, 5.74) is 24.3. The number of hydrogen-bond donors (Lipinski definition) is 0. The van der Waals surface area contributed by atoms with Crippen LogP contribution >= 0.6 is 0 Å². The highest BCUT2D eigenvalue weighted by Gasteiger charge is 2.53. The Hall–Kier alpha value is -9.18. The Balaban J connectivity index is 0.871. The van der Waals surface area contributed by atoms with Crippen LogP contribution in [-0.4, -0.2) is 0 Å². The van der Waals surface area contributed by atoms with Crippen molar-refractivity contribution in [2.75, 3.05) is 4.90 Å². The number of rotatable bonds is 4. The molecule has 0 fully saturated rings. The van der Waals surface area contributed by atoms with Crippen LogP contribution in [0.25, 0.3) is 55.6 Å². The first-order chi connectivity index (χ1) is 35.2. The molecule has 71 heavy (non-hydrogen) atoms. The van der Waals surface area contributed by atoms with Crippen LogP contribution in [0.1, 0.15) is 44.5 Å². The predicted molar refractivity (Wildman–Crippen MR) is 286 cm³/mol. The summed E-state index contributed by atoms with van der Waals surface area (Å²) >= 11 is 0. The molecule has 5 aliphatic carbocycles. The first-order valence-electron chi connectivity index (χ1n) is 24.6. The number of anilines is 3. The van der Waals surface area contributed by atoms with Crippen molar-refractivity contribution >= 4 is 17.1 Å². The largest absolute Gasteiger partial charge is 0.449 e. The second-order valence-electron chi connectivity index (χ2n) is 19.4. The zero-order valence-electron chi connectivity index (χ0n) is 38.4. The molecule has 0 N–H and O–H groups in total. The molecule has 11 aromatic carbocycles. The lowest BCUT2D eigenvalue weighted by atomic mass is 9.66. The fourth-order valence-corrected chi connectivity index (χ4v) is 13.5. The average Bonchev–Trinajstić information content (AvgIpc) is 4.06. The third-order valence-electron chi connectivity index (χ3n) is 16.2. The van der Waals surface area contributed by atoms with Gasteiger partial charge in [0.25, 0.3) is 0 Å². The van der Waals surface area contributed by atoms with Crippen molar-refractivity contribution in [2.45, 2.75) is 10.8 Å². The van der Waals surface area contributed by atoms with E-state index in [-0.39, 0.29) is 0 Å². The van der Waals surface area contributed by atoms with Crippen LogP contribution in [0.3, 0.4) is 0 Å². The molecule has 6 aliphatic rings. The fourth-order valence-electron chi connectivity index (χ4n) is 13.5. The molecule has 0 amide bonds. The summed E-state index contributed by atoms with van der Waals surface area (Å²) in [4.78, 5) is 2.32. The number of nitrogens with zero attached hydrogens (tertiary/aromatic N) is 1. The van der Waals surface area contributed by atoms with Crippen LogP contribution in [0, 0.1) is 0 Å². The first-order valence-corrected chi connectivity index (χ1v) is 24.6. The molecule has 3 heteroatoms. The lowest BCUT2D eigenvalue weighted by Crippen LogP contribution is -2.29. The summed E-state index contributed by atoms with van der Waals surface area (Å²) in [5.74, 6) is 2.78. The van der Waals surface area contributed by atoms with Gasteiger partial charge < -0.3 is 14.4 Å². The quantitative estimate of drug-likeness (QED) is 0.176. The Labute approximate surface area is 412 Å². The molecule has 1 aliphatic heterocycles. The van der Waals surface area contributed by atoms with Gasteiger partial charge in [-0.25, -0.2) is 0 Å². The third-order valence-corrected chi connectivity index (χ3v) is 16.2. The highest BCUT2D eigenvalue weighted by molar-refractivity contribution is 6.00. The Morgan fingerprint density at radius 1 is 0.296 bits per heavy atom. The normalized spacial score (nSPS) is 15.7. The summed E-state index contributed by atoms with van der Waals surface area (Å²) in [6, 6.07) is 91.3. The number of hydrogen-bond acceptors (Lipinski definition) is 3. The van der Waals surface area contributed by atoms with E-state index in [4.69, 9.17) is 9.47 Å². The Morgan fingerprint density at radius 3 is 1.52 bits per heavy atom. The van der Waals surface area contributed by atoms with E-state index in [2.05, 4.69) is 248 Å². The zero-order chi connectivity index (χ0) is 46.4. The van der Waals surface area contributed by atoms with Gasteiger partial charge in [0.05, 0.1) is 16.5 Å². The Kier molecular flexibility index (Phi) is 7.75. The smallest absolute Gasteiger partial charge is 0.194 e. The number of fused-ring (bicyclic) bond motifs is 17. The molecule has 330 valence electrons. The van der Waals surface area contributed by atoms with Gasteiger partial charge in [0, 0.05) is 16.9 Å². The minimum atomic E-state index is -0.496. The summed E-state index contributed by atoms with van der Waals surface area (Å²) in [7, 11) is 0. The predicted octanol–water partition coefficient (Wildman–Crippen LogP) is 17.4. The van der Waals surface area contributed by atoms with Crippen molar-refractivity contribution in [2.24, 2.45) is 0 Å². The standard InChI is InChI=1S/C68H41NO2/c1-3-17-43(18-4-1)67-44-35-33-42(34-36-44)54-41-46(37-38-47(54)51-25-15-26-52(64(51)67)50-23-9-11-27-55(50)67)69(45-19-5-2-6-20-45)60-31-16-32-61-65(60)70-62-40-39-59-63(66(62)71-61)53-24-10-14-30-58(53)68(59)56-28-12-7-21-48(56)49-22-8-13-29-57(49)68/h1-41H. The van der Waals surface area contributed by atoms with Crippen LogP contribution in [0.15, 0.2) is 249 Å². The van der Waals surface area contributed by atoms with Crippen molar-refractivity contribution in [1.29, 1.82) is 0 Å². The van der Waals surface area contributed by atoms with Gasteiger partial charge in [-0.15, -0.1) is 0 Å². The van der Waals surface area contributed by atoms with Crippen LogP contribution < -0.4 is 14.4 Å². The number of ether oxygens (including phenoxy) is 2. The van der Waals surface area contributed by atoms with Crippen LogP contribution in [0.5, 0.6) is 23.0 Å². The van der Waals surface area contributed by atoms with Crippen molar-refractivity contribution in [1.82, 2.24) is 0 Å². The Morgan fingerprint density at radius 2 is 0.817 bits per heavy atom. The van der Waals surface area contributed by atoms with E-state index in [0.29, 0.717) is 17.2 Å². The van der Waals surface area contributed by atoms with Gasteiger partial charge in [0.1, 0.15) is 0 Å². The van der Waals surface area contributed by atoms with Gasteiger partial charge in [-0.2, -0.15) is 0 Å². The van der Waals surface area contributed by atoms with Crippen LogP contribution in [0.4, 0.5) is 17.1 Å². The summed E-state index contributed by atoms with van der Waals surface area (Å²) in [6.45, 7) is 0. The van der Waals surface area contributed by atoms with E-state index in [1.54, 1.807) is 0 Å². The molecule has 11 aromatic rings. The summed E-state index contributed by atoms with van der Waals surface area (Å²) < 4.78 is 14.5. The number of para-hydroxylation sites is 2. The van der Waals surface area contributed by atoms with Gasteiger partial charge in [0.15, 0.2) is 23.0 Å². The van der Waals surface area contributed by atoms with Gasteiger partial charge >= 0.3 is 0 Å². The molecule has 0 saturated carbocycles. The molecule has 0 radical (unpaired) electrons. The topological polar surface area (TPSA) is 21.7 Å². The summed E-state index contributed by atoms with van der Waals surface area (Å²) in [5, 5.41) is 0. The Bertz CT molecular complexity index is 4020. The molecule has 1 heterocycles. The van der Waals surface area contributed by atoms with Crippen molar-refractivity contribution < 1.29 is 9.47 Å². The SMILES string of the molecule is c1ccc(N(c2ccc3c(c2)-c2ccc(cc2)C2(c4ccccc4)c4ccccc4-c4cccc-3c42)c2cccc3c2Oc2ccc4c(c2O3)-c2ccccc2C42c3ccccc3-c3ccccc32)cc1. The molecular formula is C68H41NO2. The van der Waals surface area contributed by atoms with E-state index in [1.165, 1.54) is 83.5 Å². The number of benzene rings is 11. The van der Waals surface area contributed by atoms with Gasteiger partial charge in [0.2, 0.25) is 0 Å². The lowest BCUT2D eigenvalue weighted by molar-refractivity contribution is 0.361. The van der Waals surface area contributed by atoms with Crippen molar-refractivity contribution in [3.8, 4) is 78.6 Å². The first kappa shape index (κ1) is 38.8. The van der Waals surface area contributed by atoms with E-state index in [9.17, 15) is 0 Å². The second kappa shape index (κ2) is 14.2. The van der Waals surface area contributed by atoms with E-state index in [1.807, 2.05) is 6.07 Å². The molecular weight excluding hydrogens is 863 g/mol. The molecule has 1 spiro atoms. The molecule has 1 atom stereocenters. The minimum Gasteiger partial charge on any atom is -0.449 e. The molecule has 0 aromatic heterocycles. The van der Waals surface area contributed by atoms with Gasteiger partial charge in [-0.3, -0.25) is 0 Å². The van der Waals surface area contributed by atoms with E-state index >= 15 is 0 Å². The molecule has 3 nitrogen and oxygen atoms in total. The van der Waals surface area contributed by atoms with Crippen molar-refractivity contribution in [3.63, 3.8) is 0 Å². The van der Waals surface area contributed by atoms with E-state index in [0.717, 1.165) is 39.5 Å². The van der Waals surface area contributed by atoms with E-state index < -0.39 is 10.8 Å². The summed E-state index contributed by atoms with van der Waals surface area (Å²) in [6.07, 6.45) is 0. The maximum atomic E-state index is 7.26. The molecule has 2 bridgehead atoms. The minimum absolute atomic E-state index is 0.486. The monoisotopic (exact) mass is 903 g/mol. The average molecular weight is 904 g/mol. The highest BCUT2D eigenvalue weighted by atomic mass is 16.6. The lowest BCUT2D eigenvalue weighted by Gasteiger charge is -2.35. The fraction of sp³-hybridized carbons (Fsp3) is 0.0294. The zero-order valence-corrected chi connectivity index (χ0v) is 38.4. The van der Waals surface area contributed by atoms with Crippen LogP contribution in [0.2, 0.25) is 0 Å². The molecule has 17 rings (SSSR count). The highest BCUT2D eigenvalue weighted by Crippen LogP contribution is 2.67.